The maximum absolute atomic E-state index is 13.3. The van der Waals surface area contributed by atoms with Gasteiger partial charge in [-0.05, 0) is 19.1 Å². The van der Waals surface area contributed by atoms with Gasteiger partial charge in [-0.3, -0.25) is 0 Å². The minimum absolute atomic E-state index is 0.0707. The molecule has 1 aromatic carbocycles. The average Bonchev–Trinajstić information content (AvgIpc) is 2.24. The van der Waals surface area contributed by atoms with Gasteiger partial charge >= 0.3 is 5.97 Å². The van der Waals surface area contributed by atoms with Crippen LogP contribution >= 0.6 is 0 Å². The van der Waals surface area contributed by atoms with Crippen LogP contribution in [0.1, 0.15) is 17.3 Å². The number of hydrogen-bond acceptors (Lipinski definition) is 4. The van der Waals surface area contributed by atoms with Crippen molar-refractivity contribution in [1.29, 1.82) is 0 Å². The number of benzene rings is 1. The number of rotatable bonds is 5. The summed E-state index contributed by atoms with van der Waals surface area (Å²) >= 11 is 0. The summed E-state index contributed by atoms with van der Waals surface area (Å²) < 4.78 is 23.1. The lowest BCUT2D eigenvalue weighted by Crippen LogP contribution is -2.14. The number of anilines is 1. The number of ether oxygens (including phenoxy) is 2. The molecule has 5 heteroatoms. The Kier molecular flexibility index (Phi) is 4.72. The van der Waals surface area contributed by atoms with Gasteiger partial charge < -0.3 is 15.2 Å². The van der Waals surface area contributed by atoms with Crippen molar-refractivity contribution >= 4 is 11.7 Å². The topological polar surface area (TPSA) is 61.5 Å². The number of halogens is 1. The first-order chi connectivity index (χ1) is 7.66. The molecule has 0 unspecified atom stereocenters. The molecule has 0 aliphatic heterocycles. The number of hydrogen-bond donors (Lipinski definition) is 1. The molecule has 0 aromatic heterocycles. The van der Waals surface area contributed by atoms with Gasteiger partial charge in [0, 0.05) is 12.3 Å². The Hall–Kier alpha value is -1.62. The molecule has 0 heterocycles. The molecule has 0 aliphatic carbocycles. The van der Waals surface area contributed by atoms with Gasteiger partial charge in [-0.25, -0.2) is 9.18 Å². The highest BCUT2D eigenvalue weighted by atomic mass is 19.1. The largest absolute Gasteiger partial charge is 0.460 e. The number of carbonyl (C=O) groups excluding carboxylic acids is 1. The van der Waals surface area contributed by atoms with E-state index >= 15 is 0 Å². The highest BCUT2D eigenvalue weighted by Gasteiger charge is 2.16. The van der Waals surface area contributed by atoms with Crippen LogP contribution < -0.4 is 5.73 Å². The SMILES string of the molecule is CCOCCOC(=O)c1c(N)cccc1F. The molecule has 0 atom stereocenters. The highest BCUT2D eigenvalue weighted by molar-refractivity contribution is 5.95. The standard InChI is InChI=1S/C11H14FNO3/c1-2-15-6-7-16-11(14)10-8(12)4-3-5-9(10)13/h3-5H,2,6-7,13H2,1H3. The summed E-state index contributed by atoms with van der Waals surface area (Å²) in [4.78, 5) is 11.5. The third kappa shape index (κ3) is 3.20. The van der Waals surface area contributed by atoms with Crippen LogP contribution in [-0.2, 0) is 9.47 Å². The maximum Gasteiger partial charge on any atom is 0.343 e. The summed E-state index contributed by atoms with van der Waals surface area (Å²) in [7, 11) is 0. The molecule has 0 bridgehead atoms. The highest BCUT2D eigenvalue weighted by Crippen LogP contribution is 2.16. The van der Waals surface area contributed by atoms with E-state index in [1.165, 1.54) is 12.1 Å². The van der Waals surface area contributed by atoms with Gasteiger partial charge in [0.1, 0.15) is 18.0 Å². The van der Waals surface area contributed by atoms with Crippen LogP contribution in [0.15, 0.2) is 18.2 Å². The van der Waals surface area contributed by atoms with Crippen LogP contribution in [0.25, 0.3) is 0 Å². The van der Waals surface area contributed by atoms with E-state index in [1.54, 1.807) is 0 Å². The van der Waals surface area contributed by atoms with E-state index < -0.39 is 11.8 Å². The van der Waals surface area contributed by atoms with Crippen LogP contribution in [0.2, 0.25) is 0 Å². The molecule has 0 amide bonds. The van der Waals surface area contributed by atoms with Crippen molar-refractivity contribution in [2.45, 2.75) is 6.92 Å². The number of nitrogen functional groups attached to an aromatic ring is 1. The van der Waals surface area contributed by atoms with Crippen molar-refractivity contribution in [3.05, 3.63) is 29.6 Å². The van der Waals surface area contributed by atoms with Crippen molar-refractivity contribution < 1.29 is 18.7 Å². The molecule has 88 valence electrons. The predicted molar refractivity (Wildman–Crippen MR) is 57.6 cm³/mol. The third-order valence-electron chi connectivity index (χ3n) is 1.91. The van der Waals surface area contributed by atoms with E-state index in [2.05, 4.69) is 0 Å². The summed E-state index contributed by atoms with van der Waals surface area (Å²) in [5, 5.41) is 0. The first-order valence-electron chi connectivity index (χ1n) is 4.95. The van der Waals surface area contributed by atoms with Gasteiger partial charge in [0.25, 0.3) is 0 Å². The van der Waals surface area contributed by atoms with Gasteiger partial charge in [-0.15, -0.1) is 0 Å². The quantitative estimate of drug-likeness (QED) is 0.471. The van der Waals surface area contributed by atoms with Gasteiger partial charge in [-0.2, -0.15) is 0 Å². The fourth-order valence-electron chi connectivity index (χ4n) is 1.17. The molecule has 1 rings (SSSR count). The summed E-state index contributed by atoms with van der Waals surface area (Å²) in [5.74, 6) is -1.45. The van der Waals surface area contributed by atoms with Crippen molar-refractivity contribution in [3.63, 3.8) is 0 Å². The van der Waals surface area contributed by atoms with Crippen LogP contribution in [0, 0.1) is 5.82 Å². The van der Waals surface area contributed by atoms with Gasteiger partial charge in [0.05, 0.1) is 6.61 Å². The second-order valence-corrected chi connectivity index (χ2v) is 3.04. The Morgan fingerprint density at radius 2 is 2.19 bits per heavy atom. The number of nitrogens with two attached hydrogens (primary N) is 1. The van der Waals surface area contributed by atoms with Crippen LogP contribution in [-0.4, -0.2) is 25.8 Å². The normalized spacial score (nSPS) is 10.1. The Morgan fingerprint density at radius 3 is 2.81 bits per heavy atom. The molecule has 0 aliphatic rings. The second-order valence-electron chi connectivity index (χ2n) is 3.04. The maximum atomic E-state index is 13.3. The van der Waals surface area contributed by atoms with Crippen molar-refractivity contribution in [2.75, 3.05) is 25.6 Å². The first kappa shape index (κ1) is 12.4. The molecule has 16 heavy (non-hydrogen) atoms. The molecular weight excluding hydrogens is 213 g/mol. The number of carbonyl (C=O) groups is 1. The van der Waals surface area contributed by atoms with E-state index in [-0.39, 0.29) is 24.5 Å². The fourth-order valence-corrected chi connectivity index (χ4v) is 1.17. The first-order valence-corrected chi connectivity index (χ1v) is 4.95. The Bertz CT molecular complexity index is 348. The Balaban J connectivity index is 2.59. The molecule has 4 nitrogen and oxygen atoms in total. The van der Waals surface area contributed by atoms with Crippen molar-refractivity contribution in [2.24, 2.45) is 0 Å². The molecule has 0 saturated carbocycles. The average molecular weight is 227 g/mol. The zero-order valence-corrected chi connectivity index (χ0v) is 9.03. The summed E-state index contributed by atoms with van der Waals surface area (Å²) in [6.45, 7) is 2.74. The zero-order valence-electron chi connectivity index (χ0n) is 9.03. The molecule has 1 aromatic rings. The van der Waals surface area contributed by atoms with Gasteiger partial charge in [0.15, 0.2) is 0 Å². The lowest BCUT2D eigenvalue weighted by molar-refractivity contribution is 0.0332. The smallest absolute Gasteiger partial charge is 0.343 e. The predicted octanol–water partition coefficient (Wildman–Crippen LogP) is 1.60. The van der Waals surface area contributed by atoms with Gasteiger partial charge in [0.2, 0.25) is 0 Å². The summed E-state index contributed by atoms with van der Waals surface area (Å²) in [6.07, 6.45) is 0. The van der Waals surface area contributed by atoms with E-state index in [1.807, 2.05) is 6.92 Å². The monoisotopic (exact) mass is 227 g/mol. The van der Waals surface area contributed by atoms with E-state index in [0.717, 1.165) is 6.07 Å². The zero-order chi connectivity index (χ0) is 12.0. The minimum atomic E-state index is -0.768. The number of esters is 1. The molecular formula is C11H14FNO3. The third-order valence-corrected chi connectivity index (χ3v) is 1.91. The van der Waals surface area contributed by atoms with Crippen LogP contribution in [0.5, 0.6) is 0 Å². The van der Waals surface area contributed by atoms with Gasteiger partial charge in [-0.1, -0.05) is 6.07 Å². The molecule has 0 fully saturated rings. The molecule has 0 spiro atoms. The lowest BCUT2D eigenvalue weighted by Gasteiger charge is -2.07. The lowest BCUT2D eigenvalue weighted by atomic mass is 10.2. The summed E-state index contributed by atoms with van der Waals surface area (Å²) in [5.41, 5.74) is 5.33. The molecule has 0 radical (unpaired) electrons. The van der Waals surface area contributed by atoms with E-state index in [4.69, 9.17) is 15.2 Å². The van der Waals surface area contributed by atoms with E-state index in [0.29, 0.717) is 6.61 Å². The molecule has 2 N–H and O–H groups in total. The van der Waals surface area contributed by atoms with Crippen molar-refractivity contribution in [3.8, 4) is 0 Å². The van der Waals surface area contributed by atoms with Crippen LogP contribution in [0.3, 0.4) is 0 Å². The van der Waals surface area contributed by atoms with Crippen LogP contribution in [0.4, 0.5) is 10.1 Å². The summed E-state index contributed by atoms with van der Waals surface area (Å²) in [6, 6.07) is 4.04. The second kappa shape index (κ2) is 6.07. The van der Waals surface area contributed by atoms with E-state index in [9.17, 15) is 9.18 Å². The fraction of sp³-hybridized carbons (Fsp3) is 0.364. The Morgan fingerprint density at radius 1 is 1.44 bits per heavy atom. The van der Waals surface area contributed by atoms with Crippen molar-refractivity contribution in [1.82, 2.24) is 0 Å². The molecule has 0 saturated heterocycles. The minimum Gasteiger partial charge on any atom is -0.460 e. The Labute approximate surface area is 93.2 Å².